The minimum absolute atomic E-state index is 0.0771. The molecule has 6 heteroatoms. The molecule has 4 rings (SSSR count). The predicted molar refractivity (Wildman–Crippen MR) is 89.9 cm³/mol. The van der Waals surface area contributed by atoms with Gasteiger partial charge in [-0.1, -0.05) is 24.3 Å². The maximum absolute atomic E-state index is 13.8. The molecule has 5 nitrogen and oxygen atoms in total. The van der Waals surface area contributed by atoms with Gasteiger partial charge in [0, 0.05) is 18.9 Å². The number of hydrogen-bond donors (Lipinski definition) is 2. The number of anilines is 1. The molecule has 0 aromatic heterocycles. The molecule has 0 radical (unpaired) electrons. The summed E-state index contributed by atoms with van der Waals surface area (Å²) in [5.74, 6) is -1.68. The van der Waals surface area contributed by atoms with E-state index in [0.29, 0.717) is 13.2 Å². The highest BCUT2D eigenvalue weighted by atomic mass is 19.1. The van der Waals surface area contributed by atoms with Crippen molar-refractivity contribution in [3.63, 3.8) is 0 Å². The topological polar surface area (TPSA) is 67.4 Å². The number of halogens is 1. The first-order valence-corrected chi connectivity index (χ1v) is 8.22. The Morgan fingerprint density at radius 2 is 2.08 bits per heavy atom. The number of benzene rings is 2. The summed E-state index contributed by atoms with van der Waals surface area (Å²) in [6.07, 6.45) is 0.823. The predicted octanol–water partition coefficient (Wildman–Crippen LogP) is 2.23. The van der Waals surface area contributed by atoms with Gasteiger partial charge in [-0.15, -0.1) is 0 Å². The smallest absolute Gasteiger partial charge is 0.237 e. The zero-order chi connectivity index (χ0) is 17.4. The van der Waals surface area contributed by atoms with E-state index in [1.165, 1.54) is 12.1 Å². The van der Waals surface area contributed by atoms with Gasteiger partial charge in [-0.2, -0.15) is 0 Å². The Balaban J connectivity index is 1.59. The summed E-state index contributed by atoms with van der Waals surface area (Å²) >= 11 is 0. The van der Waals surface area contributed by atoms with E-state index in [4.69, 9.17) is 4.74 Å². The second-order valence-corrected chi connectivity index (χ2v) is 6.26. The van der Waals surface area contributed by atoms with Crippen molar-refractivity contribution in [2.75, 3.05) is 18.5 Å². The van der Waals surface area contributed by atoms with Crippen molar-refractivity contribution in [2.45, 2.75) is 12.3 Å². The third kappa shape index (κ3) is 2.84. The Hall–Kier alpha value is -2.89. The van der Waals surface area contributed by atoms with Crippen LogP contribution in [0, 0.1) is 11.7 Å². The standard InChI is InChI=1S/C19H17FN2O3/c20-14-3-1-2-4-15(14)22-19(24)17-13(10-21-18(17)23)11-5-6-16-12(9-11)7-8-25-16/h1-6,9,13,17H,7-8,10H2,(H,21,23)(H,22,24)/t13-,17-/m1/s1. The first-order valence-electron chi connectivity index (χ1n) is 8.22. The van der Waals surface area contributed by atoms with E-state index in [2.05, 4.69) is 10.6 Å². The van der Waals surface area contributed by atoms with Crippen LogP contribution in [0.5, 0.6) is 5.75 Å². The van der Waals surface area contributed by atoms with E-state index in [1.54, 1.807) is 12.1 Å². The first-order chi connectivity index (χ1) is 12.1. The number of amides is 2. The van der Waals surface area contributed by atoms with Gasteiger partial charge in [-0.3, -0.25) is 9.59 Å². The van der Waals surface area contributed by atoms with Crippen molar-refractivity contribution in [3.05, 3.63) is 59.4 Å². The SMILES string of the molecule is O=C1NC[C@H](c2ccc3c(c2)CCO3)[C@H]1C(=O)Nc1ccccc1F. The summed E-state index contributed by atoms with van der Waals surface area (Å²) in [6.45, 7) is 1.03. The molecule has 2 aromatic rings. The summed E-state index contributed by atoms with van der Waals surface area (Å²) in [6, 6.07) is 11.7. The molecule has 2 amide bonds. The van der Waals surface area contributed by atoms with E-state index < -0.39 is 17.6 Å². The monoisotopic (exact) mass is 340 g/mol. The summed E-state index contributed by atoms with van der Waals surface area (Å²) in [7, 11) is 0. The zero-order valence-electron chi connectivity index (χ0n) is 13.4. The lowest BCUT2D eigenvalue weighted by molar-refractivity contribution is -0.130. The normalized spacial score (nSPS) is 21.4. The highest BCUT2D eigenvalue weighted by Crippen LogP contribution is 2.34. The molecule has 0 spiro atoms. The molecule has 2 aromatic carbocycles. The second-order valence-electron chi connectivity index (χ2n) is 6.26. The van der Waals surface area contributed by atoms with Crippen LogP contribution >= 0.6 is 0 Å². The van der Waals surface area contributed by atoms with Gasteiger partial charge in [0.15, 0.2) is 0 Å². The number of rotatable bonds is 3. The quantitative estimate of drug-likeness (QED) is 0.842. The van der Waals surface area contributed by atoms with Crippen LogP contribution in [-0.2, 0) is 16.0 Å². The fourth-order valence-electron chi connectivity index (χ4n) is 3.44. The Kier molecular flexibility index (Phi) is 3.87. The van der Waals surface area contributed by atoms with Crippen molar-refractivity contribution >= 4 is 17.5 Å². The van der Waals surface area contributed by atoms with Gasteiger partial charge >= 0.3 is 0 Å². The second kappa shape index (κ2) is 6.20. The molecule has 0 saturated carbocycles. The molecule has 0 aliphatic carbocycles. The van der Waals surface area contributed by atoms with E-state index >= 15 is 0 Å². The van der Waals surface area contributed by atoms with Crippen LogP contribution in [0.1, 0.15) is 17.0 Å². The number of nitrogens with one attached hydrogen (secondary N) is 2. The zero-order valence-corrected chi connectivity index (χ0v) is 13.4. The fourth-order valence-corrected chi connectivity index (χ4v) is 3.44. The van der Waals surface area contributed by atoms with Crippen LogP contribution in [0.15, 0.2) is 42.5 Å². The minimum Gasteiger partial charge on any atom is -0.493 e. The van der Waals surface area contributed by atoms with Gasteiger partial charge in [0.1, 0.15) is 17.5 Å². The maximum Gasteiger partial charge on any atom is 0.237 e. The molecule has 2 aliphatic heterocycles. The number of ether oxygens (including phenoxy) is 1. The summed E-state index contributed by atoms with van der Waals surface area (Å²) in [5.41, 5.74) is 2.08. The Morgan fingerprint density at radius 3 is 2.92 bits per heavy atom. The summed E-state index contributed by atoms with van der Waals surface area (Å²) in [5, 5.41) is 5.28. The molecule has 2 aliphatic rings. The van der Waals surface area contributed by atoms with Crippen molar-refractivity contribution in [1.82, 2.24) is 5.32 Å². The molecule has 128 valence electrons. The van der Waals surface area contributed by atoms with Gasteiger partial charge in [-0.05, 0) is 29.3 Å². The van der Waals surface area contributed by atoms with Crippen LogP contribution < -0.4 is 15.4 Å². The average molecular weight is 340 g/mol. The average Bonchev–Trinajstić information content (AvgIpc) is 3.22. The molecular weight excluding hydrogens is 323 g/mol. The molecule has 0 unspecified atom stereocenters. The maximum atomic E-state index is 13.8. The van der Waals surface area contributed by atoms with E-state index in [1.807, 2.05) is 18.2 Å². The Bertz CT molecular complexity index is 852. The number of fused-ring (bicyclic) bond motifs is 1. The van der Waals surface area contributed by atoms with Gasteiger partial charge in [0.2, 0.25) is 11.8 Å². The lowest BCUT2D eigenvalue weighted by atomic mass is 9.87. The van der Waals surface area contributed by atoms with Crippen molar-refractivity contribution in [3.8, 4) is 5.75 Å². The number of para-hydroxylation sites is 1. The fraction of sp³-hybridized carbons (Fsp3) is 0.263. The largest absolute Gasteiger partial charge is 0.493 e. The number of carbonyl (C=O) groups excluding carboxylic acids is 2. The van der Waals surface area contributed by atoms with Crippen molar-refractivity contribution in [2.24, 2.45) is 5.92 Å². The molecule has 2 atom stereocenters. The van der Waals surface area contributed by atoms with E-state index in [9.17, 15) is 14.0 Å². The van der Waals surface area contributed by atoms with Gasteiger partial charge < -0.3 is 15.4 Å². The van der Waals surface area contributed by atoms with Gasteiger partial charge in [-0.25, -0.2) is 4.39 Å². The van der Waals surface area contributed by atoms with E-state index in [-0.39, 0.29) is 17.5 Å². The lowest BCUT2D eigenvalue weighted by Crippen LogP contribution is -2.32. The van der Waals surface area contributed by atoms with Gasteiger partial charge in [0.05, 0.1) is 12.3 Å². The number of carbonyl (C=O) groups is 2. The van der Waals surface area contributed by atoms with Crippen molar-refractivity contribution < 1.29 is 18.7 Å². The molecule has 2 heterocycles. The van der Waals surface area contributed by atoms with Crippen LogP contribution in [0.2, 0.25) is 0 Å². The minimum atomic E-state index is -0.889. The molecule has 1 fully saturated rings. The van der Waals surface area contributed by atoms with Crippen LogP contribution in [0.25, 0.3) is 0 Å². The Morgan fingerprint density at radius 1 is 1.24 bits per heavy atom. The molecule has 25 heavy (non-hydrogen) atoms. The summed E-state index contributed by atoms with van der Waals surface area (Å²) < 4.78 is 19.3. The highest BCUT2D eigenvalue weighted by molar-refractivity contribution is 6.08. The van der Waals surface area contributed by atoms with Gasteiger partial charge in [0.25, 0.3) is 0 Å². The highest BCUT2D eigenvalue weighted by Gasteiger charge is 2.41. The van der Waals surface area contributed by atoms with Crippen molar-refractivity contribution in [1.29, 1.82) is 0 Å². The Labute approximate surface area is 144 Å². The van der Waals surface area contributed by atoms with Crippen LogP contribution in [-0.4, -0.2) is 25.0 Å². The molecule has 0 bridgehead atoms. The lowest BCUT2D eigenvalue weighted by Gasteiger charge is -2.18. The van der Waals surface area contributed by atoms with Crippen LogP contribution in [0.4, 0.5) is 10.1 Å². The van der Waals surface area contributed by atoms with Crippen LogP contribution in [0.3, 0.4) is 0 Å². The molecular formula is C19H17FN2O3. The third-order valence-electron chi connectivity index (χ3n) is 4.74. The molecule has 1 saturated heterocycles. The van der Waals surface area contributed by atoms with E-state index in [0.717, 1.165) is 23.3 Å². The first kappa shape index (κ1) is 15.6. The molecule has 2 N–H and O–H groups in total. The summed E-state index contributed by atoms with van der Waals surface area (Å²) in [4.78, 5) is 24.8. The third-order valence-corrected chi connectivity index (χ3v) is 4.74. The number of hydrogen-bond acceptors (Lipinski definition) is 3.